The van der Waals surface area contributed by atoms with E-state index in [1.807, 2.05) is 0 Å². The minimum Gasteiger partial charge on any atom is -0.351 e. The van der Waals surface area contributed by atoms with Gasteiger partial charge in [0, 0.05) is 37.3 Å². The number of hydrogen-bond acceptors (Lipinski definition) is 4. The summed E-state index contributed by atoms with van der Waals surface area (Å²) in [5.74, 6) is -0.228. The standard InChI is InChI=1S/C38H70N4O2/c1-5-9-11-13-15-17-19-21-23-30-41(7-3)32-28-39-37(43)35-26-25-27-36(34-35)38(44)40-29-33-42(8-4)31-24-22-20-18-16-14-12-10-6-2/h25-27,34H,5-24,28-33H2,1-4H3,(H,39,43)(H,40,44). The summed E-state index contributed by atoms with van der Waals surface area (Å²) in [6.45, 7) is 16.0. The molecule has 1 aromatic carbocycles. The summed E-state index contributed by atoms with van der Waals surface area (Å²) in [6.07, 6.45) is 24.1. The van der Waals surface area contributed by atoms with E-state index in [9.17, 15) is 9.59 Å². The molecule has 0 bridgehead atoms. The predicted octanol–water partition coefficient (Wildman–Crippen LogP) is 8.85. The first-order chi connectivity index (χ1) is 21.5. The van der Waals surface area contributed by atoms with Crippen molar-refractivity contribution in [2.24, 2.45) is 0 Å². The number of likely N-dealkylation sites (N-methyl/N-ethyl adjacent to an activating group) is 2. The molecule has 0 aromatic heterocycles. The van der Waals surface area contributed by atoms with Crippen molar-refractivity contribution in [1.29, 1.82) is 0 Å². The van der Waals surface area contributed by atoms with E-state index in [1.54, 1.807) is 24.3 Å². The van der Waals surface area contributed by atoms with E-state index in [-0.39, 0.29) is 11.8 Å². The molecule has 0 aliphatic carbocycles. The molecule has 2 amide bonds. The number of hydrogen-bond donors (Lipinski definition) is 2. The van der Waals surface area contributed by atoms with Crippen molar-refractivity contribution in [3.63, 3.8) is 0 Å². The molecule has 0 spiro atoms. The Morgan fingerprint density at radius 1 is 0.500 bits per heavy atom. The average molecular weight is 615 g/mol. The van der Waals surface area contributed by atoms with Crippen molar-refractivity contribution < 1.29 is 9.59 Å². The SMILES string of the molecule is CCCCCCCCCCCN(CC)CCNC(=O)c1cccc(C(=O)NCCN(CC)CCCCCCCCCCC)c1. The Morgan fingerprint density at radius 3 is 1.18 bits per heavy atom. The van der Waals surface area contributed by atoms with Crippen molar-refractivity contribution in [3.8, 4) is 0 Å². The second-order valence-electron chi connectivity index (χ2n) is 12.6. The molecule has 0 saturated heterocycles. The van der Waals surface area contributed by atoms with Crippen molar-refractivity contribution in [2.75, 3.05) is 52.4 Å². The van der Waals surface area contributed by atoms with Crippen LogP contribution in [0.25, 0.3) is 0 Å². The zero-order chi connectivity index (χ0) is 32.1. The number of rotatable bonds is 30. The molecule has 1 rings (SSSR count). The van der Waals surface area contributed by atoms with Crippen LogP contribution in [0.2, 0.25) is 0 Å². The molecule has 254 valence electrons. The Labute approximate surface area is 272 Å². The highest BCUT2D eigenvalue weighted by Gasteiger charge is 2.12. The molecule has 0 fully saturated rings. The van der Waals surface area contributed by atoms with Crippen LogP contribution in [0, 0.1) is 0 Å². The molecule has 0 unspecified atom stereocenters. The van der Waals surface area contributed by atoms with Crippen LogP contribution in [0.4, 0.5) is 0 Å². The molecule has 2 N–H and O–H groups in total. The van der Waals surface area contributed by atoms with Gasteiger partial charge in [0.25, 0.3) is 11.8 Å². The van der Waals surface area contributed by atoms with Gasteiger partial charge in [-0.1, -0.05) is 136 Å². The van der Waals surface area contributed by atoms with Gasteiger partial charge in [0.2, 0.25) is 0 Å². The Hall–Kier alpha value is -1.92. The maximum atomic E-state index is 12.8. The number of unbranched alkanes of at least 4 members (excludes halogenated alkanes) is 16. The molecule has 0 aliphatic heterocycles. The monoisotopic (exact) mass is 615 g/mol. The summed E-state index contributed by atoms with van der Waals surface area (Å²) in [5.41, 5.74) is 1.08. The van der Waals surface area contributed by atoms with Crippen LogP contribution in [0.3, 0.4) is 0 Å². The summed E-state index contributed by atoms with van der Waals surface area (Å²) in [7, 11) is 0. The topological polar surface area (TPSA) is 64.7 Å². The Balaban J connectivity index is 2.25. The first-order valence-electron chi connectivity index (χ1n) is 18.7. The third-order valence-electron chi connectivity index (χ3n) is 8.86. The van der Waals surface area contributed by atoms with Crippen molar-refractivity contribution >= 4 is 11.8 Å². The van der Waals surface area contributed by atoms with Crippen molar-refractivity contribution in [1.82, 2.24) is 20.4 Å². The van der Waals surface area contributed by atoms with E-state index < -0.39 is 0 Å². The fourth-order valence-corrected chi connectivity index (χ4v) is 5.81. The largest absolute Gasteiger partial charge is 0.351 e. The summed E-state index contributed by atoms with van der Waals surface area (Å²) in [5, 5.41) is 6.11. The second-order valence-corrected chi connectivity index (χ2v) is 12.6. The normalized spacial score (nSPS) is 11.4. The molecule has 0 aliphatic rings. The van der Waals surface area contributed by atoms with Gasteiger partial charge in [0.05, 0.1) is 0 Å². The van der Waals surface area contributed by atoms with Crippen LogP contribution in [0.15, 0.2) is 24.3 Å². The highest BCUT2D eigenvalue weighted by atomic mass is 16.2. The third kappa shape index (κ3) is 20.9. The van der Waals surface area contributed by atoms with Gasteiger partial charge in [-0.25, -0.2) is 0 Å². The third-order valence-corrected chi connectivity index (χ3v) is 8.86. The minimum atomic E-state index is -0.114. The quantitative estimate of drug-likeness (QED) is 0.0850. The maximum Gasteiger partial charge on any atom is 0.251 e. The maximum absolute atomic E-state index is 12.8. The van der Waals surface area contributed by atoms with Crippen LogP contribution in [-0.4, -0.2) is 74.0 Å². The second kappa shape index (κ2) is 28.5. The molecule has 1 aromatic rings. The number of nitrogens with one attached hydrogen (secondary N) is 2. The Kier molecular flexibility index (Phi) is 26.0. The molecule has 0 atom stereocenters. The molecular weight excluding hydrogens is 544 g/mol. The van der Waals surface area contributed by atoms with Crippen LogP contribution in [0.1, 0.15) is 164 Å². The lowest BCUT2D eigenvalue weighted by atomic mass is 10.1. The molecule has 0 saturated carbocycles. The minimum absolute atomic E-state index is 0.114. The van der Waals surface area contributed by atoms with Gasteiger partial charge in [0.15, 0.2) is 0 Å². The van der Waals surface area contributed by atoms with Gasteiger partial charge < -0.3 is 20.4 Å². The molecule has 0 radical (unpaired) electrons. The number of nitrogens with zero attached hydrogens (tertiary/aromatic N) is 2. The lowest BCUT2D eigenvalue weighted by Crippen LogP contribution is -2.36. The van der Waals surface area contributed by atoms with E-state index in [1.165, 1.54) is 116 Å². The first kappa shape index (κ1) is 40.1. The lowest BCUT2D eigenvalue weighted by Gasteiger charge is -2.21. The lowest BCUT2D eigenvalue weighted by molar-refractivity contribution is 0.0947. The Bertz CT molecular complexity index is 768. The molecular formula is C38H70N4O2. The molecule has 6 heteroatoms. The van der Waals surface area contributed by atoms with E-state index in [2.05, 4.69) is 48.1 Å². The highest BCUT2D eigenvalue weighted by molar-refractivity contribution is 5.99. The highest BCUT2D eigenvalue weighted by Crippen LogP contribution is 2.11. The summed E-state index contributed by atoms with van der Waals surface area (Å²) < 4.78 is 0. The molecule has 44 heavy (non-hydrogen) atoms. The van der Waals surface area contributed by atoms with Gasteiger partial charge in [-0.05, 0) is 57.2 Å². The van der Waals surface area contributed by atoms with Crippen molar-refractivity contribution in [3.05, 3.63) is 35.4 Å². The zero-order valence-corrected chi connectivity index (χ0v) is 29.4. The van der Waals surface area contributed by atoms with E-state index in [0.717, 1.165) is 39.3 Å². The van der Waals surface area contributed by atoms with E-state index in [0.29, 0.717) is 24.2 Å². The van der Waals surface area contributed by atoms with Gasteiger partial charge in [0.1, 0.15) is 0 Å². The fraction of sp³-hybridized carbons (Fsp3) is 0.789. The first-order valence-corrected chi connectivity index (χ1v) is 18.7. The van der Waals surface area contributed by atoms with E-state index >= 15 is 0 Å². The van der Waals surface area contributed by atoms with Gasteiger partial charge in [-0.3, -0.25) is 9.59 Å². The molecule has 6 nitrogen and oxygen atoms in total. The van der Waals surface area contributed by atoms with Gasteiger partial charge in [-0.2, -0.15) is 0 Å². The number of carbonyl (C=O) groups is 2. The summed E-state index contributed by atoms with van der Waals surface area (Å²) in [6, 6.07) is 7.09. The number of benzene rings is 1. The van der Waals surface area contributed by atoms with Gasteiger partial charge in [-0.15, -0.1) is 0 Å². The Morgan fingerprint density at radius 2 is 0.841 bits per heavy atom. The summed E-state index contributed by atoms with van der Waals surface area (Å²) in [4.78, 5) is 30.5. The smallest absolute Gasteiger partial charge is 0.251 e. The predicted molar refractivity (Wildman–Crippen MR) is 190 cm³/mol. The van der Waals surface area contributed by atoms with E-state index in [4.69, 9.17) is 0 Å². The zero-order valence-electron chi connectivity index (χ0n) is 29.4. The average Bonchev–Trinajstić information content (AvgIpc) is 3.04. The van der Waals surface area contributed by atoms with Crippen LogP contribution < -0.4 is 10.6 Å². The number of carbonyl (C=O) groups excluding carboxylic acids is 2. The summed E-state index contributed by atoms with van der Waals surface area (Å²) >= 11 is 0. The van der Waals surface area contributed by atoms with Crippen LogP contribution >= 0.6 is 0 Å². The van der Waals surface area contributed by atoms with Gasteiger partial charge >= 0.3 is 0 Å². The van der Waals surface area contributed by atoms with Crippen LogP contribution in [0.5, 0.6) is 0 Å². The van der Waals surface area contributed by atoms with Crippen LogP contribution in [-0.2, 0) is 0 Å². The molecule has 0 heterocycles. The van der Waals surface area contributed by atoms with Crippen molar-refractivity contribution in [2.45, 2.75) is 143 Å². The fourth-order valence-electron chi connectivity index (χ4n) is 5.81. The number of amides is 2.